The summed E-state index contributed by atoms with van der Waals surface area (Å²) in [4.78, 5) is 12.3. The summed E-state index contributed by atoms with van der Waals surface area (Å²) in [6, 6.07) is 2.04. The number of hydrogen-bond acceptors (Lipinski definition) is 3. The van der Waals surface area contributed by atoms with Gasteiger partial charge in [0.15, 0.2) is 5.82 Å². The third-order valence-electron chi connectivity index (χ3n) is 3.69. The van der Waals surface area contributed by atoms with Crippen LogP contribution in [0.1, 0.15) is 44.6 Å². The van der Waals surface area contributed by atoms with Gasteiger partial charge in [-0.15, -0.1) is 0 Å². The molecule has 0 radical (unpaired) electrons. The summed E-state index contributed by atoms with van der Waals surface area (Å²) in [5, 5.41) is 15.9. The van der Waals surface area contributed by atoms with Crippen LogP contribution >= 0.6 is 0 Å². The molecule has 1 aliphatic rings. The lowest BCUT2D eigenvalue weighted by atomic mass is 9.75. The lowest BCUT2D eigenvalue weighted by molar-refractivity contribution is -0.126. The third kappa shape index (κ3) is 2.37. The molecule has 96 valence electrons. The number of nitrogens with zero attached hydrogens (tertiary/aromatic N) is 3. The van der Waals surface area contributed by atoms with Crippen LogP contribution in [0.4, 0.5) is 5.82 Å². The molecule has 18 heavy (non-hydrogen) atoms. The number of hydrogen-bond donors (Lipinski definition) is 1. The van der Waals surface area contributed by atoms with E-state index >= 15 is 0 Å². The van der Waals surface area contributed by atoms with Crippen molar-refractivity contribution < 1.29 is 4.79 Å². The zero-order valence-electron chi connectivity index (χ0n) is 10.9. The smallest absolute Gasteiger partial charge is 0.231 e. The van der Waals surface area contributed by atoms with Crippen molar-refractivity contribution in [2.45, 2.75) is 39.0 Å². The topological polar surface area (TPSA) is 70.7 Å². The normalized spacial score (nSPS) is 18.1. The fourth-order valence-corrected chi connectivity index (χ4v) is 2.48. The maximum atomic E-state index is 12.3. The SMILES string of the molecule is Cn1cc(C#N)c(NC(=O)C2(C)CCCCC2)n1. The summed E-state index contributed by atoms with van der Waals surface area (Å²) >= 11 is 0. The number of carbonyl (C=O) groups is 1. The molecule has 0 unspecified atom stereocenters. The minimum atomic E-state index is -0.317. The number of rotatable bonds is 2. The standard InChI is InChI=1S/C13H18N4O/c1-13(6-4-3-5-7-13)12(18)15-11-10(8-14)9-17(2)16-11/h9H,3-7H2,1-2H3,(H,15,16,18). The first kappa shape index (κ1) is 12.6. The van der Waals surface area contributed by atoms with E-state index in [-0.39, 0.29) is 11.3 Å². The Bertz CT molecular complexity index is 492. The van der Waals surface area contributed by atoms with Gasteiger partial charge in [0.1, 0.15) is 11.6 Å². The summed E-state index contributed by atoms with van der Waals surface area (Å²) in [6.07, 6.45) is 6.82. The molecule has 0 aliphatic heterocycles. The van der Waals surface area contributed by atoms with Crippen LogP contribution in [0.5, 0.6) is 0 Å². The Labute approximate surface area is 107 Å². The summed E-state index contributed by atoms with van der Waals surface area (Å²) < 4.78 is 1.54. The summed E-state index contributed by atoms with van der Waals surface area (Å²) in [7, 11) is 1.73. The van der Waals surface area contributed by atoms with Crippen molar-refractivity contribution >= 4 is 11.7 Å². The third-order valence-corrected chi connectivity index (χ3v) is 3.69. The molecule has 0 bridgehead atoms. The second-order valence-corrected chi connectivity index (χ2v) is 5.25. The first-order valence-corrected chi connectivity index (χ1v) is 6.30. The van der Waals surface area contributed by atoms with E-state index in [1.165, 1.54) is 11.1 Å². The Morgan fingerprint density at radius 3 is 2.78 bits per heavy atom. The maximum absolute atomic E-state index is 12.3. The molecule has 2 rings (SSSR count). The van der Waals surface area contributed by atoms with E-state index in [0.717, 1.165) is 25.7 Å². The molecule has 1 aromatic rings. The van der Waals surface area contributed by atoms with Crippen LogP contribution in [-0.2, 0) is 11.8 Å². The molecule has 1 fully saturated rings. The second kappa shape index (κ2) is 4.81. The van der Waals surface area contributed by atoms with Crippen LogP contribution in [0.25, 0.3) is 0 Å². The van der Waals surface area contributed by atoms with Gasteiger partial charge in [0.05, 0.1) is 0 Å². The molecular formula is C13H18N4O. The van der Waals surface area contributed by atoms with E-state index in [2.05, 4.69) is 10.4 Å². The summed E-state index contributed by atoms with van der Waals surface area (Å²) in [5.74, 6) is 0.356. The number of amides is 1. The van der Waals surface area contributed by atoms with E-state index in [1.54, 1.807) is 13.2 Å². The number of aromatic nitrogens is 2. The highest BCUT2D eigenvalue weighted by Crippen LogP contribution is 2.36. The highest BCUT2D eigenvalue weighted by molar-refractivity contribution is 5.95. The van der Waals surface area contributed by atoms with Crippen LogP contribution in [0.15, 0.2) is 6.20 Å². The number of nitrogens with one attached hydrogen (secondary N) is 1. The van der Waals surface area contributed by atoms with Crippen molar-refractivity contribution in [2.24, 2.45) is 12.5 Å². The molecule has 0 saturated heterocycles. The van der Waals surface area contributed by atoms with Gasteiger partial charge in [-0.1, -0.05) is 26.2 Å². The Balaban J connectivity index is 2.13. The van der Waals surface area contributed by atoms with Crippen LogP contribution in [0.2, 0.25) is 0 Å². The second-order valence-electron chi connectivity index (χ2n) is 5.25. The molecule has 1 heterocycles. The zero-order valence-corrected chi connectivity index (χ0v) is 10.9. The maximum Gasteiger partial charge on any atom is 0.231 e. The van der Waals surface area contributed by atoms with Gasteiger partial charge in [-0.2, -0.15) is 10.4 Å². The van der Waals surface area contributed by atoms with E-state index < -0.39 is 0 Å². The number of carbonyl (C=O) groups excluding carboxylic acids is 1. The van der Waals surface area contributed by atoms with E-state index in [4.69, 9.17) is 5.26 Å². The minimum Gasteiger partial charge on any atom is -0.308 e. The van der Waals surface area contributed by atoms with Gasteiger partial charge in [0, 0.05) is 18.7 Å². The van der Waals surface area contributed by atoms with Crippen molar-refractivity contribution in [3.8, 4) is 6.07 Å². The molecule has 5 nitrogen and oxygen atoms in total. The highest BCUT2D eigenvalue weighted by Gasteiger charge is 2.35. The van der Waals surface area contributed by atoms with Crippen molar-refractivity contribution in [2.75, 3.05) is 5.32 Å². The largest absolute Gasteiger partial charge is 0.308 e. The van der Waals surface area contributed by atoms with Gasteiger partial charge in [0.2, 0.25) is 5.91 Å². The monoisotopic (exact) mass is 246 g/mol. The molecule has 1 saturated carbocycles. The van der Waals surface area contributed by atoms with Gasteiger partial charge in [-0.3, -0.25) is 9.48 Å². The predicted molar refractivity (Wildman–Crippen MR) is 67.7 cm³/mol. The molecule has 1 N–H and O–H groups in total. The average Bonchev–Trinajstić information content (AvgIpc) is 2.70. The average molecular weight is 246 g/mol. The van der Waals surface area contributed by atoms with Gasteiger partial charge >= 0.3 is 0 Å². The number of aryl methyl sites for hydroxylation is 1. The van der Waals surface area contributed by atoms with Crippen molar-refractivity contribution in [3.63, 3.8) is 0 Å². The van der Waals surface area contributed by atoms with Crippen LogP contribution in [0, 0.1) is 16.7 Å². The Morgan fingerprint density at radius 1 is 1.50 bits per heavy atom. The van der Waals surface area contributed by atoms with E-state index in [0.29, 0.717) is 11.4 Å². The lowest BCUT2D eigenvalue weighted by Crippen LogP contribution is -2.35. The molecule has 1 amide bonds. The quantitative estimate of drug-likeness (QED) is 0.869. The van der Waals surface area contributed by atoms with E-state index in [1.807, 2.05) is 13.0 Å². The first-order valence-electron chi connectivity index (χ1n) is 6.30. The van der Waals surface area contributed by atoms with Gasteiger partial charge in [0.25, 0.3) is 0 Å². The molecular weight excluding hydrogens is 228 g/mol. The number of anilines is 1. The Kier molecular flexibility index (Phi) is 3.37. The van der Waals surface area contributed by atoms with Crippen molar-refractivity contribution in [3.05, 3.63) is 11.8 Å². The molecule has 5 heteroatoms. The fraction of sp³-hybridized carbons (Fsp3) is 0.615. The summed E-state index contributed by atoms with van der Waals surface area (Å²) in [6.45, 7) is 2.00. The van der Waals surface area contributed by atoms with Gasteiger partial charge < -0.3 is 5.32 Å². The number of nitriles is 1. The highest BCUT2D eigenvalue weighted by atomic mass is 16.2. The molecule has 0 aromatic carbocycles. The first-order chi connectivity index (χ1) is 8.55. The molecule has 1 aromatic heterocycles. The molecule has 0 spiro atoms. The Hall–Kier alpha value is -1.83. The van der Waals surface area contributed by atoms with Crippen LogP contribution < -0.4 is 5.32 Å². The Morgan fingerprint density at radius 2 is 2.17 bits per heavy atom. The van der Waals surface area contributed by atoms with E-state index in [9.17, 15) is 4.79 Å². The predicted octanol–water partition coefficient (Wildman–Crippen LogP) is 2.20. The van der Waals surface area contributed by atoms with Gasteiger partial charge in [-0.05, 0) is 12.8 Å². The molecule has 0 atom stereocenters. The van der Waals surface area contributed by atoms with Crippen LogP contribution in [-0.4, -0.2) is 15.7 Å². The van der Waals surface area contributed by atoms with Crippen LogP contribution in [0.3, 0.4) is 0 Å². The summed E-state index contributed by atoms with van der Waals surface area (Å²) in [5.41, 5.74) is 0.0907. The zero-order chi connectivity index (χ0) is 13.2. The van der Waals surface area contributed by atoms with Gasteiger partial charge in [-0.25, -0.2) is 0 Å². The van der Waals surface area contributed by atoms with Crippen molar-refractivity contribution in [1.29, 1.82) is 5.26 Å². The molecule has 1 aliphatic carbocycles. The minimum absolute atomic E-state index is 0.0163. The fourth-order valence-electron chi connectivity index (χ4n) is 2.48. The van der Waals surface area contributed by atoms with Crippen molar-refractivity contribution in [1.82, 2.24) is 9.78 Å². The lowest BCUT2D eigenvalue weighted by Gasteiger charge is -2.31.